The van der Waals surface area contributed by atoms with Crippen LogP contribution < -0.4 is 0 Å². The average molecular weight is 211 g/mol. The zero-order chi connectivity index (χ0) is 10.9. The lowest BCUT2D eigenvalue weighted by atomic mass is 10.2. The third kappa shape index (κ3) is 1.99. The molecule has 14 heavy (non-hydrogen) atoms. The predicted octanol–water partition coefficient (Wildman–Crippen LogP) is 1.22. The van der Waals surface area contributed by atoms with Crippen molar-refractivity contribution >= 4 is 0 Å². The van der Waals surface area contributed by atoms with Crippen LogP contribution in [0.4, 0.5) is 17.6 Å². The standard InChI is InChI=1S/C7H5F4NO2/c8-4-3(6(13)14)1-2-12-5(4)7(9,10)11/h1-2,6,13-14H. The van der Waals surface area contributed by atoms with Gasteiger partial charge in [-0.3, -0.25) is 0 Å². The molecule has 1 aromatic rings. The second-order valence-electron chi connectivity index (χ2n) is 2.43. The number of nitrogens with zero attached hydrogens (tertiary/aromatic N) is 1. The summed E-state index contributed by atoms with van der Waals surface area (Å²) in [5.74, 6) is -1.77. The first-order chi connectivity index (χ1) is 6.34. The SMILES string of the molecule is OC(O)c1ccnc(C(F)(F)F)c1F. The van der Waals surface area contributed by atoms with Gasteiger partial charge in [0.05, 0.1) is 0 Å². The van der Waals surface area contributed by atoms with Crippen molar-refractivity contribution in [1.29, 1.82) is 0 Å². The van der Waals surface area contributed by atoms with Gasteiger partial charge in [0, 0.05) is 11.8 Å². The molecule has 0 fully saturated rings. The topological polar surface area (TPSA) is 53.4 Å². The molecule has 1 rings (SSSR count). The van der Waals surface area contributed by atoms with E-state index in [1.807, 2.05) is 0 Å². The molecule has 78 valence electrons. The second-order valence-corrected chi connectivity index (χ2v) is 2.43. The third-order valence-electron chi connectivity index (χ3n) is 1.47. The highest BCUT2D eigenvalue weighted by molar-refractivity contribution is 5.22. The highest BCUT2D eigenvalue weighted by atomic mass is 19.4. The van der Waals surface area contributed by atoms with Gasteiger partial charge in [-0.25, -0.2) is 9.37 Å². The van der Waals surface area contributed by atoms with Crippen molar-refractivity contribution in [1.82, 2.24) is 4.98 Å². The Morgan fingerprint density at radius 3 is 2.29 bits per heavy atom. The molecule has 0 bridgehead atoms. The molecular formula is C7H5F4NO2. The smallest absolute Gasteiger partial charge is 0.364 e. The number of pyridine rings is 1. The number of aliphatic hydroxyl groups is 2. The Balaban J connectivity index is 3.28. The first-order valence-electron chi connectivity index (χ1n) is 3.41. The third-order valence-corrected chi connectivity index (χ3v) is 1.47. The summed E-state index contributed by atoms with van der Waals surface area (Å²) < 4.78 is 49.0. The van der Waals surface area contributed by atoms with Crippen LogP contribution in [0.2, 0.25) is 0 Å². The van der Waals surface area contributed by atoms with E-state index in [2.05, 4.69) is 4.98 Å². The quantitative estimate of drug-likeness (QED) is 0.542. The van der Waals surface area contributed by atoms with Crippen molar-refractivity contribution in [2.45, 2.75) is 12.5 Å². The van der Waals surface area contributed by atoms with Gasteiger partial charge in [0.25, 0.3) is 0 Å². The maximum atomic E-state index is 12.9. The molecular weight excluding hydrogens is 206 g/mol. The first kappa shape index (κ1) is 10.9. The molecule has 0 saturated carbocycles. The van der Waals surface area contributed by atoms with Gasteiger partial charge in [-0.2, -0.15) is 13.2 Å². The summed E-state index contributed by atoms with van der Waals surface area (Å²) in [7, 11) is 0. The Morgan fingerprint density at radius 2 is 1.86 bits per heavy atom. The summed E-state index contributed by atoms with van der Waals surface area (Å²) in [5.41, 5.74) is -2.62. The second kappa shape index (κ2) is 3.50. The van der Waals surface area contributed by atoms with Gasteiger partial charge in [-0.1, -0.05) is 0 Å². The molecule has 0 saturated heterocycles. The van der Waals surface area contributed by atoms with E-state index in [9.17, 15) is 17.6 Å². The molecule has 7 heteroatoms. The molecule has 0 aliphatic heterocycles. The lowest BCUT2D eigenvalue weighted by Gasteiger charge is -2.10. The largest absolute Gasteiger partial charge is 0.436 e. The van der Waals surface area contributed by atoms with E-state index in [4.69, 9.17) is 10.2 Å². The van der Waals surface area contributed by atoms with Crippen molar-refractivity contribution in [3.05, 3.63) is 29.3 Å². The monoisotopic (exact) mass is 211 g/mol. The zero-order valence-corrected chi connectivity index (χ0v) is 6.59. The van der Waals surface area contributed by atoms with Crippen LogP contribution in [0.25, 0.3) is 0 Å². The minimum atomic E-state index is -4.95. The van der Waals surface area contributed by atoms with E-state index in [0.29, 0.717) is 6.20 Å². The maximum Gasteiger partial charge on any atom is 0.436 e. The molecule has 0 amide bonds. The molecule has 1 aromatic heterocycles. The molecule has 0 aliphatic carbocycles. The van der Waals surface area contributed by atoms with Crippen LogP contribution in [-0.2, 0) is 6.18 Å². The molecule has 2 N–H and O–H groups in total. The highest BCUT2D eigenvalue weighted by Gasteiger charge is 2.37. The number of hydrogen-bond donors (Lipinski definition) is 2. The van der Waals surface area contributed by atoms with E-state index < -0.39 is 29.5 Å². The maximum absolute atomic E-state index is 12.9. The van der Waals surface area contributed by atoms with E-state index in [0.717, 1.165) is 6.07 Å². The molecule has 0 aliphatic rings. The molecule has 3 nitrogen and oxygen atoms in total. The molecule has 0 unspecified atom stereocenters. The highest BCUT2D eigenvalue weighted by Crippen LogP contribution is 2.31. The number of rotatable bonds is 1. The summed E-state index contributed by atoms with van der Waals surface area (Å²) in [6, 6.07) is 0.759. The molecule has 0 atom stereocenters. The van der Waals surface area contributed by atoms with Crippen LogP contribution >= 0.6 is 0 Å². The lowest BCUT2D eigenvalue weighted by Crippen LogP contribution is -2.14. The van der Waals surface area contributed by atoms with E-state index in [-0.39, 0.29) is 0 Å². The fraction of sp³-hybridized carbons (Fsp3) is 0.286. The van der Waals surface area contributed by atoms with Crippen LogP contribution in [0.15, 0.2) is 12.3 Å². The van der Waals surface area contributed by atoms with Gasteiger partial charge >= 0.3 is 6.18 Å². The van der Waals surface area contributed by atoms with Gasteiger partial charge in [0.15, 0.2) is 17.8 Å². The van der Waals surface area contributed by atoms with E-state index in [1.54, 1.807) is 0 Å². The summed E-state index contributed by atoms with van der Waals surface area (Å²) in [6.07, 6.45) is -6.59. The fourth-order valence-electron chi connectivity index (χ4n) is 0.856. The molecule has 0 spiro atoms. The molecule has 0 aromatic carbocycles. The summed E-state index contributed by atoms with van der Waals surface area (Å²) in [4.78, 5) is 2.77. The van der Waals surface area contributed by atoms with Gasteiger partial charge in [0.2, 0.25) is 0 Å². The Kier molecular flexibility index (Phi) is 2.72. The average Bonchev–Trinajstić information content (AvgIpc) is 2.01. The number of hydrogen-bond acceptors (Lipinski definition) is 3. The van der Waals surface area contributed by atoms with Crippen molar-refractivity contribution in [2.24, 2.45) is 0 Å². The molecule has 0 radical (unpaired) electrons. The lowest BCUT2D eigenvalue weighted by molar-refractivity contribution is -0.144. The minimum absolute atomic E-state index is 0.653. The first-order valence-corrected chi connectivity index (χ1v) is 3.41. The van der Waals surface area contributed by atoms with Gasteiger partial charge < -0.3 is 10.2 Å². The van der Waals surface area contributed by atoms with Crippen molar-refractivity contribution in [3.8, 4) is 0 Å². The van der Waals surface area contributed by atoms with Gasteiger partial charge in [0.1, 0.15) is 0 Å². The number of alkyl halides is 3. The Morgan fingerprint density at radius 1 is 1.29 bits per heavy atom. The number of aromatic nitrogens is 1. The Bertz CT molecular complexity index is 337. The van der Waals surface area contributed by atoms with E-state index >= 15 is 0 Å². The number of aliphatic hydroxyl groups excluding tert-OH is 1. The van der Waals surface area contributed by atoms with Gasteiger partial charge in [-0.05, 0) is 6.07 Å². The van der Waals surface area contributed by atoms with Gasteiger partial charge in [-0.15, -0.1) is 0 Å². The summed E-state index contributed by atoms with van der Waals surface area (Å²) in [5, 5.41) is 17.0. The van der Waals surface area contributed by atoms with Crippen LogP contribution in [0.3, 0.4) is 0 Å². The minimum Gasteiger partial charge on any atom is -0.364 e. The Hall–Kier alpha value is -1.21. The molecule has 1 heterocycles. The van der Waals surface area contributed by atoms with Crippen molar-refractivity contribution < 1.29 is 27.8 Å². The van der Waals surface area contributed by atoms with Crippen molar-refractivity contribution in [2.75, 3.05) is 0 Å². The van der Waals surface area contributed by atoms with E-state index in [1.165, 1.54) is 0 Å². The summed E-state index contributed by atoms with van der Waals surface area (Å²) >= 11 is 0. The summed E-state index contributed by atoms with van der Waals surface area (Å²) in [6.45, 7) is 0. The normalized spacial score (nSPS) is 12.2. The van der Waals surface area contributed by atoms with Crippen LogP contribution in [0, 0.1) is 5.82 Å². The Labute approximate surface area is 75.6 Å². The zero-order valence-electron chi connectivity index (χ0n) is 6.59. The predicted molar refractivity (Wildman–Crippen MR) is 36.4 cm³/mol. The van der Waals surface area contributed by atoms with Crippen LogP contribution in [0.5, 0.6) is 0 Å². The van der Waals surface area contributed by atoms with Crippen molar-refractivity contribution in [3.63, 3.8) is 0 Å². The number of halogens is 4. The fourth-order valence-corrected chi connectivity index (χ4v) is 0.856. The van der Waals surface area contributed by atoms with Crippen LogP contribution in [0.1, 0.15) is 17.5 Å². The van der Waals surface area contributed by atoms with Crippen LogP contribution in [-0.4, -0.2) is 15.2 Å².